The van der Waals surface area contributed by atoms with Crippen LogP contribution < -0.4 is 10.1 Å². The zero-order chi connectivity index (χ0) is 12.8. The maximum Gasteiger partial charge on any atom is 0.387 e. The number of alkyl halides is 2. The van der Waals surface area contributed by atoms with Crippen molar-refractivity contribution in [2.24, 2.45) is 0 Å². The van der Waals surface area contributed by atoms with Gasteiger partial charge in [0.25, 0.3) is 0 Å². The third-order valence-electron chi connectivity index (χ3n) is 1.90. The topological polar surface area (TPSA) is 61.8 Å². The van der Waals surface area contributed by atoms with Crippen molar-refractivity contribution < 1.29 is 23.5 Å². The maximum atomic E-state index is 12.0. The van der Waals surface area contributed by atoms with E-state index in [0.717, 1.165) is 0 Å². The number of hydrogen-bond donors (Lipinski definition) is 2. The van der Waals surface area contributed by atoms with Crippen LogP contribution in [-0.4, -0.2) is 30.0 Å². The minimum absolute atomic E-state index is 0.0252. The van der Waals surface area contributed by atoms with E-state index in [0.29, 0.717) is 10.6 Å². The molecule has 94 valence electrons. The molecule has 0 spiro atoms. The van der Waals surface area contributed by atoms with E-state index >= 15 is 0 Å². The second kappa shape index (κ2) is 6.00. The molecule has 0 fully saturated rings. The second-order valence-corrected chi connectivity index (χ2v) is 3.14. The quantitative estimate of drug-likeness (QED) is 0.629. The number of benzene rings is 1. The molecule has 0 heterocycles. The Morgan fingerprint density at radius 3 is 2.88 bits per heavy atom. The number of carbonyl (C=O) groups excluding carboxylic acids is 1. The molecule has 0 saturated carbocycles. The largest absolute Gasteiger partial charge is 0.435 e. The van der Waals surface area contributed by atoms with Crippen molar-refractivity contribution in [3.8, 4) is 5.75 Å². The Balaban J connectivity index is 2.68. The summed E-state index contributed by atoms with van der Waals surface area (Å²) in [4.78, 5) is 11.0. The summed E-state index contributed by atoms with van der Waals surface area (Å²) in [5, 5.41) is 11.9. The van der Waals surface area contributed by atoms with Gasteiger partial charge in [-0.05, 0) is 17.7 Å². The molecule has 5 nitrogen and oxygen atoms in total. The van der Waals surface area contributed by atoms with E-state index in [1.165, 1.54) is 25.2 Å². The van der Waals surface area contributed by atoms with E-state index in [2.05, 4.69) is 10.1 Å². The predicted molar refractivity (Wildman–Crippen MR) is 54.9 cm³/mol. The summed E-state index contributed by atoms with van der Waals surface area (Å²) in [6.07, 6.45) is 0. The van der Waals surface area contributed by atoms with E-state index in [1.807, 2.05) is 0 Å². The van der Waals surface area contributed by atoms with Gasteiger partial charge in [-0.15, -0.1) is 0 Å². The highest BCUT2D eigenvalue weighted by molar-refractivity contribution is 5.72. The van der Waals surface area contributed by atoms with Crippen LogP contribution >= 0.6 is 0 Å². The van der Waals surface area contributed by atoms with Gasteiger partial charge < -0.3 is 10.1 Å². The molecule has 1 aromatic carbocycles. The van der Waals surface area contributed by atoms with Gasteiger partial charge in [0, 0.05) is 7.05 Å². The first-order valence-electron chi connectivity index (χ1n) is 4.75. The van der Waals surface area contributed by atoms with Gasteiger partial charge in [0.2, 0.25) is 0 Å². The van der Waals surface area contributed by atoms with Crippen LogP contribution in [0.15, 0.2) is 24.3 Å². The van der Waals surface area contributed by atoms with Gasteiger partial charge in [0.05, 0.1) is 6.54 Å². The number of carbonyl (C=O) groups is 1. The van der Waals surface area contributed by atoms with Crippen molar-refractivity contribution in [3.63, 3.8) is 0 Å². The van der Waals surface area contributed by atoms with Crippen molar-refractivity contribution in [2.75, 3.05) is 7.05 Å². The van der Waals surface area contributed by atoms with Gasteiger partial charge >= 0.3 is 12.6 Å². The molecule has 2 N–H and O–H groups in total. The standard InChI is InChI=1S/C10H12F2N2O3/c1-13-10(15)14(16)6-7-3-2-4-8(5-7)17-9(11)12/h2-5,9,16H,6H2,1H3,(H,13,15). The number of urea groups is 1. The summed E-state index contributed by atoms with van der Waals surface area (Å²) in [5.41, 5.74) is 0.467. The Bertz CT molecular complexity index is 388. The number of hydrogen-bond acceptors (Lipinski definition) is 3. The van der Waals surface area contributed by atoms with Crippen molar-refractivity contribution in [1.82, 2.24) is 10.4 Å². The molecule has 1 aromatic rings. The van der Waals surface area contributed by atoms with Crippen molar-refractivity contribution in [1.29, 1.82) is 0 Å². The summed E-state index contributed by atoms with van der Waals surface area (Å²) in [6.45, 7) is -3.03. The lowest BCUT2D eigenvalue weighted by atomic mass is 10.2. The van der Waals surface area contributed by atoms with E-state index < -0.39 is 12.6 Å². The third kappa shape index (κ3) is 4.23. The molecule has 1 rings (SSSR count). The first-order valence-corrected chi connectivity index (χ1v) is 4.75. The molecule has 0 atom stereocenters. The van der Waals surface area contributed by atoms with Gasteiger partial charge in [-0.3, -0.25) is 5.21 Å². The first kappa shape index (κ1) is 13.2. The van der Waals surface area contributed by atoms with Gasteiger partial charge in [-0.25, -0.2) is 9.86 Å². The summed E-state index contributed by atoms with van der Waals surface area (Å²) in [6, 6.07) is 5.05. The molecular formula is C10H12F2N2O3. The minimum Gasteiger partial charge on any atom is -0.435 e. The van der Waals surface area contributed by atoms with Crippen molar-refractivity contribution in [2.45, 2.75) is 13.2 Å². The Kier molecular flexibility index (Phi) is 4.65. The molecular weight excluding hydrogens is 234 g/mol. The third-order valence-corrected chi connectivity index (χ3v) is 1.90. The monoisotopic (exact) mass is 246 g/mol. The Hall–Kier alpha value is -1.89. The molecule has 0 aliphatic carbocycles. The molecule has 17 heavy (non-hydrogen) atoms. The molecule has 0 aliphatic rings. The van der Waals surface area contributed by atoms with Crippen LogP contribution in [0.5, 0.6) is 5.75 Å². The zero-order valence-corrected chi connectivity index (χ0v) is 9.06. The molecule has 2 amide bonds. The molecule has 0 radical (unpaired) electrons. The van der Waals surface area contributed by atoms with Crippen LogP contribution in [0.3, 0.4) is 0 Å². The number of amides is 2. The van der Waals surface area contributed by atoms with Gasteiger partial charge in [-0.1, -0.05) is 12.1 Å². The van der Waals surface area contributed by atoms with Crippen LogP contribution in [0.4, 0.5) is 13.6 Å². The number of halogens is 2. The lowest BCUT2D eigenvalue weighted by molar-refractivity contribution is -0.0526. The highest BCUT2D eigenvalue weighted by atomic mass is 19.3. The number of hydroxylamine groups is 2. The lowest BCUT2D eigenvalue weighted by Crippen LogP contribution is -2.34. The molecule has 0 unspecified atom stereocenters. The van der Waals surface area contributed by atoms with Crippen LogP contribution in [0.1, 0.15) is 5.56 Å². The zero-order valence-electron chi connectivity index (χ0n) is 9.06. The molecule has 0 aliphatic heterocycles. The van der Waals surface area contributed by atoms with Crippen LogP contribution in [0, 0.1) is 0 Å². The fraction of sp³-hybridized carbons (Fsp3) is 0.300. The second-order valence-electron chi connectivity index (χ2n) is 3.14. The highest BCUT2D eigenvalue weighted by Crippen LogP contribution is 2.16. The molecule has 0 bridgehead atoms. The lowest BCUT2D eigenvalue weighted by Gasteiger charge is -2.14. The molecule has 0 saturated heterocycles. The molecule has 0 aromatic heterocycles. The minimum atomic E-state index is -2.91. The first-order chi connectivity index (χ1) is 8.02. The summed E-state index contributed by atoms with van der Waals surface area (Å²) in [7, 11) is 1.36. The van der Waals surface area contributed by atoms with E-state index in [1.54, 1.807) is 6.07 Å². The SMILES string of the molecule is CNC(=O)N(O)Cc1cccc(OC(F)F)c1. The Morgan fingerprint density at radius 2 is 2.29 bits per heavy atom. The van der Waals surface area contributed by atoms with Crippen LogP contribution in [0.25, 0.3) is 0 Å². The Morgan fingerprint density at radius 1 is 1.59 bits per heavy atom. The fourth-order valence-corrected chi connectivity index (χ4v) is 1.19. The number of nitrogens with zero attached hydrogens (tertiary/aromatic N) is 1. The average molecular weight is 246 g/mol. The van der Waals surface area contributed by atoms with E-state index in [-0.39, 0.29) is 12.3 Å². The van der Waals surface area contributed by atoms with Crippen molar-refractivity contribution in [3.05, 3.63) is 29.8 Å². The highest BCUT2D eigenvalue weighted by Gasteiger charge is 2.10. The summed E-state index contributed by atoms with van der Waals surface area (Å²) >= 11 is 0. The normalized spacial score (nSPS) is 10.2. The Labute approximate surface area is 96.6 Å². The summed E-state index contributed by atoms with van der Waals surface area (Å²) < 4.78 is 28.1. The van der Waals surface area contributed by atoms with Crippen LogP contribution in [0.2, 0.25) is 0 Å². The fourth-order valence-electron chi connectivity index (χ4n) is 1.19. The summed E-state index contributed by atoms with van der Waals surface area (Å²) in [5.74, 6) is -0.0252. The van der Waals surface area contributed by atoms with E-state index in [4.69, 9.17) is 0 Å². The number of ether oxygens (including phenoxy) is 1. The van der Waals surface area contributed by atoms with Gasteiger partial charge in [-0.2, -0.15) is 8.78 Å². The average Bonchev–Trinajstić information content (AvgIpc) is 2.27. The smallest absolute Gasteiger partial charge is 0.387 e. The van der Waals surface area contributed by atoms with Crippen LogP contribution in [-0.2, 0) is 6.54 Å². The predicted octanol–water partition coefficient (Wildman–Crippen LogP) is 1.82. The van der Waals surface area contributed by atoms with E-state index in [9.17, 15) is 18.8 Å². The van der Waals surface area contributed by atoms with Crippen molar-refractivity contribution >= 4 is 6.03 Å². The number of rotatable bonds is 4. The molecule has 7 heteroatoms. The van der Waals surface area contributed by atoms with Gasteiger partial charge in [0.1, 0.15) is 5.75 Å². The van der Waals surface area contributed by atoms with Gasteiger partial charge in [0.15, 0.2) is 0 Å². The maximum absolute atomic E-state index is 12.0. The number of nitrogens with one attached hydrogen (secondary N) is 1.